The fourth-order valence-electron chi connectivity index (χ4n) is 3.27. The average molecular weight is 443 g/mol. The minimum atomic E-state index is -3.89. The summed E-state index contributed by atoms with van der Waals surface area (Å²) in [7, 11) is -2.65. The summed E-state index contributed by atoms with van der Waals surface area (Å²) >= 11 is 12.2. The quantitative estimate of drug-likeness (QED) is 0.684. The number of pyridine rings is 1. The number of esters is 1. The first-order chi connectivity index (χ1) is 13.2. The van der Waals surface area contributed by atoms with Crippen molar-refractivity contribution in [2.24, 2.45) is 0 Å². The van der Waals surface area contributed by atoms with E-state index in [1.165, 1.54) is 19.4 Å². The molecule has 1 N–H and O–H groups in total. The number of carbonyl (C=O) groups excluding carboxylic acids is 1. The number of hydrogen-bond donors (Lipinski definition) is 1. The van der Waals surface area contributed by atoms with Crippen LogP contribution in [0.3, 0.4) is 0 Å². The summed E-state index contributed by atoms with van der Waals surface area (Å²) in [4.78, 5) is 15.8. The van der Waals surface area contributed by atoms with E-state index in [9.17, 15) is 13.2 Å². The highest BCUT2D eigenvalue weighted by Crippen LogP contribution is 2.38. The number of aryl methyl sites for hydroxylation is 1. The smallest absolute Gasteiger partial charge is 0.339 e. The number of ether oxygens (including phenoxy) is 1. The number of halogens is 2. The standard InChI is InChI=1S/C19H20Cl2N2O4S/c1-12-16(18(24)27-2)9-15(11-22-12)28(25,26)23-19(6-3-7-19)10-13-4-5-14(20)8-17(13)21/h4-5,8-9,11,23H,3,6-7,10H2,1-2H3. The van der Waals surface area contributed by atoms with E-state index < -0.39 is 21.5 Å². The molecule has 1 saturated carbocycles. The van der Waals surface area contributed by atoms with Gasteiger partial charge in [0.2, 0.25) is 10.0 Å². The third kappa shape index (κ3) is 4.33. The zero-order valence-corrected chi connectivity index (χ0v) is 17.8. The molecule has 0 aliphatic heterocycles. The number of benzene rings is 1. The molecule has 6 nitrogen and oxygen atoms in total. The molecule has 0 bridgehead atoms. The maximum Gasteiger partial charge on any atom is 0.339 e. The van der Waals surface area contributed by atoms with Gasteiger partial charge in [-0.05, 0) is 56.4 Å². The van der Waals surface area contributed by atoms with Crippen molar-refractivity contribution in [2.45, 2.75) is 43.0 Å². The Morgan fingerprint density at radius 3 is 2.57 bits per heavy atom. The van der Waals surface area contributed by atoms with E-state index in [0.717, 1.165) is 12.0 Å². The Bertz CT molecular complexity index is 1020. The summed E-state index contributed by atoms with van der Waals surface area (Å²) in [5.41, 5.74) is 0.712. The second-order valence-electron chi connectivity index (χ2n) is 6.95. The topological polar surface area (TPSA) is 85.4 Å². The van der Waals surface area contributed by atoms with E-state index >= 15 is 0 Å². The maximum absolute atomic E-state index is 13.0. The molecule has 2 aromatic rings. The molecule has 1 heterocycles. The zero-order valence-electron chi connectivity index (χ0n) is 15.5. The average Bonchev–Trinajstić information content (AvgIpc) is 2.61. The van der Waals surface area contributed by atoms with Crippen LogP contribution in [0, 0.1) is 6.92 Å². The molecule has 1 aromatic heterocycles. The first kappa shape index (κ1) is 21.0. The Morgan fingerprint density at radius 2 is 2.00 bits per heavy atom. The van der Waals surface area contributed by atoms with Gasteiger partial charge in [-0.2, -0.15) is 0 Å². The van der Waals surface area contributed by atoms with Crippen LogP contribution in [0.5, 0.6) is 0 Å². The highest BCUT2D eigenvalue weighted by atomic mass is 35.5. The molecule has 1 aliphatic rings. The van der Waals surface area contributed by atoms with Crippen molar-refractivity contribution < 1.29 is 17.9 Å². The number of carbonyl (C=O) groups is 1. The molecule has 28 heavy (non-hydrogen) atoms. The Labute approximate surface area is 174 Å². The number of nitrogens with one attached hydrogen (secondary N) is 1. The van der Waals surface area contributed by atoms with Crippen molar-refractivity contribution in [1.82, 2.24) is 9.71 Å². The SMILES string of the molecule is COC(=O)c1cc(S(=O)(=O)NC2(Cc3ccc(Cl)cc3Cl)CCC2)cnc1C. The summed E-state index contributed by atoms with van der Waals surface area (Å²) in [5, 5.41) is 1.03. The maximum atomic E-state index is 13.0. The first-order valence-corrected chi connectivity index (χ1v) is 10.9. The van der Waals surface area contributed by atoms with E-state index in [-0.39, 0.29) is 10.5 Å². The largest absolute Gasteiger partial charge is 0.465 e. The molecule has 1 fully saturated rings. The Kier molecular flexibility index (Phi) is 6.00. The number of rotatable bonds is 6. The van der Waals surface area contributed by atoms with Crippen LogP contribution in [0.1, 0.15) is 40.9 Å². The van der Waals surface area contributed by atoms with Crippen LogP contribution in [0.2, 0.25) is 10.0 Å². The first-order valence-electron chi connectivity index (χ1n) is 8.69. The van der Waals surface area contributed by atoms with Crippen LogP contribution < -0.4 is 4.72 Å². The van der Waals surface area contributed by atoms with Crippen molar-refractivity contribution >= 4 is 39.2 Å². The van der Waals surface area contributed by atoms with Gasteiger partial charge in [0.1, 0.15) is 4.90 Å². The molecular weight excluding hydrogens is 423 g/mol. The fraction of sp³-hybridized carbons (Fsp3) is 0.368. The van der Waals surface area contributed by atoms with Gasteiger partial charge in [0.15, 0.2) is 0 Å². The van der Waals surface area contributed by atoms with Crippen molar-refractivity contribution in [1.29, 1.82) is 0 Å². The van der Waals surface area contributed by atoms with Crippen LogP contribution >= 0.6 is 23.2 Å². The lowest BCUT2D eigenvalue weighted by molar-refractivity contribution is 0.0599. The molecular formula is C19H20Cl2N2O4S. The molecule has 0 unspecified atom stereocenters. The second-order valence-corrected chi connectivity index (χ2v) is 9.47. The number of aromatic nitrogens is 1. The monoisotopic (exact) mass is 442 g/mol. The molecule has 0 radical (unpaired) electrons. The Balaban J connectivity index is 1.89. The van der Waals surface area contributed by atoms with Gasteiger partial charge in [-0.3, -0.25) is 4.98 Å². The second kappa shape index (κ2) is 7.99. The van der Waals surface area contributed by atoms with Gasteiger partial charge < -0.3 is 4.74 Å². The van der Waals surface area contributed by atoms with Crippen molar-refractivity contribution in [2.75, 3.05) is 7.11 Å². The van der Waals surface area contributed by atoms with Gasteiger partial charge in [-0.25, -0.2) is 17.9 Å². The number of methoxy groups -OCH3 is 1. The van der Waals surface area contributed by atoms with Gasteiger partial charge in [0.25, 0.3) is 0 Å². The molecule has 1 aromatic carbocycles. The summed E-state index contributed by atoms with van der Waals surface area (Å²) in [6.45, 7) is 1.62. The van der Waals surface area contributed by atoms with Crippen molar-refractivity contribution in [3.05, 3.63) is 57.3 Å². The highest BCUT2D eigenvalue weighted by molar-refractivity contribution is 7.89. The minimum absolute atomic E-state index is 0.0769. The summed E-state index contributed by atoms with van der Waals surface area (Å²) in [6.07, 6.45) is 3.98. The summed E-state index contributed by atoms with van der Waals surface area (Å²) in [5.74, 6) is -0.631. The third-order valence-corrected chi connectivity index (χ3v) is 7.12. The van der Waals surface area contributed by atoms with Crippen LogP contribution in [0.25, 0.3) is 0 Å². The lowest BCUT2D eigenvalue weighted by Gasteiger charge is -2.42. The molecule has 0 atom stereocenters. The highest BCUT2D eigenvalue weighted by Gasteiger charge is 2.41. The Morgan fingerprint density at radius 1 is 1.29 bits per heavy atom. The molecule has 3 rings (SSSR count). The van der Waals surface area contributed by atoms with Crippen LogP contribution in [-0.2, 0) is 21.2 Å². The summed E-state index contributed by atoms with van der Waals surface area (Å²) in [6, 6.07) is 6.47. The number of sulfonamides is 1. The zero-order chi connectivity index (χ0) is 20.5. The van der Waals surface area contributed by atoms with Gasteiger partial charge >= 0.3 is 5.97 Å². The molecule has 150 valence electrons. The predicted molar refractivity (Wildman–Crippen MR) is 107 cm³/mol. The van der Waals surface area contributed by atoms with Crippen LogP contribution in [0.4, 0.5) is 0 Å². The number of hydrogen-bond acceptors (Lipinski definition) is 5. The molecule has 9 heteroatoms. The Hall–Kier alpha value is -1.67. The molecule has 0 amide bonds. The number of nitrogens with zero attached hydrogens (tertiary/aromatic N) is 1. The van der Waals surface area contributed by atoms with E-state index in [1.54, 1.807) is 19.1 Å². The summed E-state index contributed by atoms with van der Waals surface area (Å²) < 4.78 is 33.5. The van der Waals surface area contributed by atoms with Gasteiger partial charge in [0.05, 0.1) is 18.4 Å². The minimum Gasteiger partial charge on any atom is -0.465 e. The van der Waals surface area contributed by atoms with E-state index in [0.29, 0.717) is 35.0 Å². The van der Waals surface area contributed by atoms with Crippen molar-refractivity contribution in [3.63, 3.8) is 0 Å². The lowest BCUT2D eigenvalue weighted by atomic mass is 9.74. The fourth-order valence-corrected chi connectivity index (χ4v) is 5.17. The molecule has 0 spiro atoms. The van der Waals surface area contributed by atoms with E-state index in [4.69, 9.17) is 27.9 Å². The van der Waals surface area contributed by atoms with Gasteiger partial charge in [0, 0.05) is 21.8 Å². The van der Waals surface area contributed by atoms with E-state index in [2.05, 4.69) is 9.71 Å². The van der Waals surface area contributed by atoms with Gasteiger partial charge in [-0.1, -0.05) is 29.3 Å². The van der Waals surface area contributed by atoms with Crippen LogP contribution in [-0.4, -0.2) is 32.0 Å². The molecule has 1 aliphatic carbocycles. The van der Waals surface area contributed by atoms with Gasteiger partial charge in [-0.15, -0.1) is 0 Å². The predicted octanol–water partition coefficient (Wildman–Crippen LogP) is 3.93. The lowest BCUT2D eigenvalue weighted by Crippen LogP contribution is -2.54. The van der Waals surface area contributed by atoms with Crippen LogP contribution in [0.15, 0.2) is 35.4 Å². The van der Waals surface area contributed by atoms with Crippen molar-refractivity contribution in [3.8, 4) is 0 Å². The van der Waals surface area contributed by atoms with E-state index in [1.807, 2.05) is 6.07 Å². The molecule has 0 saturated heterocycles. The normalized spacial score (nSPS) is 15.7. The third-order valence-electron chi connectivity index (χ3n) is 4.98.